The van der Waals surface area contributed by atoms with Crippen molar-refractivity contribution in [3.05, 3.63) is 70.2 Å². The maximum absolute atomic E-state index is 12.0. The quantitative estimate of drug-likeness (QED) is 0.437. The molecule has 2 rings (SSSR count). The second-order valence-electron chi connectivity index (χ2n) is 4.62. The van der Waals surface area contributed by atoms with Crippen LogP contribution in [-0.4, -0.2) is 25.5 Å². The smallest absolute Gasteiger partial charge is 0.331 e. The molecule has 0 fully saturated rings. The number of benzene rings is 2. The number of carbonyl (C=O) groups is 2. The topological polar surface area (TPSA) is 52.6 Å². The van der Waals surface area contributed by atoms with E-state index in [-0.39, 0.29) is 12.4 Å². The van der Waals surface area contributed by atoms with Gasteiger partial charge in [-0.05, 0) is 29.8 Å². The highest BCUT2D eigenvalue weighted by molar-refractivity contribution is 9.10. The van der Waals surface area contributed by atoms with Gasteiger partial charge in [0.05, 0.1) is 7.11 Å². The van der Waals surface area contributed by atoms with E-state index in [4.69, 9.17) is 9.47 Å². The lowest BCUT2D eigenvalue weighted by molar-refractivity contribution is -0.136. The molecule has 118 valence electrons. The minimum absolute atomic E-state index is 0.260. The van der Waals surface area contributed by atoms with Crippen molar-refractivity contribution in [1.82, 2.24) is 0 Å². The summed E-state index contributed by atoms with van der Waals surface area (Å²) in [6.07, 6.45) is 2.90. The van der Waals surface area contributed by atoms with Crippen molar-refractivity contribution in [2.45, 2.75) is 0 Å². The van der Waals surface area contributed by atoms with Gasteiger partial charge < -0.3 is 9.47 Å². The molecular weight excluding hydrogens is 360 g/mol. The third-order valence-corrected chi connectivity index (χ3v) is 3.74. The number of halogens is 1. The Balaban J connectivity index is 1.88. The van der Waals surface area contributed by atoms with E-state index in [9.17, 15) is 9.59 Å². The maximum Gasteiger partial charge on any atom is 0.331 e. The number of ether oxygens (including phenoxy) is 2. The second-order valence-corrected chi connectivity index (χ2v) is 5.47. The van der Waals surface area contributed by atoms with E-state index in [0.717, 1.165) is 11.3 Å². The molecule has 0 spiro atoms. The fourth-order valence-corrected chi connectivity index (χ4v) is 2.34. The zero-order chi connectivity index (χ0) is 16.7. The first kappa shape index (κ1) is 17.0. The molecule has 2 aromatic rings. The van der Waals surface area contributed by atoms with E-state index >= 15 is 0 Å². The van der Waals surface area contributed by atoms with Gasteiger partial charge in [0.2, 0.25) is 5.78 Å². The highest BCUT2D eigenvalue weighted by atomic mass is 79.9. The van der Waals surface area contributed by atoms with Crippen molar-refractivity contribution in [3.63, 3.8) is 0 Å². The standard InChI is InChI=1S/C18H15BrO4/c1-22-14-9-6-13(7-10-14)8-11-18(21)23-12-17(20)15-4-2-3-5-16(15)19/h2-11H,12H2,1H3/b11-8+. The first-order valence-corrected chi connectivity index (χ1v) is 7.66. The van der Waals surface area contributed by atoms with E-state index in [2.05, 4.69) is 15.9 Å². The van der Waals surface area contributed by atoms with Crippen LogP contribution in [0.25, 0.3) is 6.08 Å². The predicted octanol–water partition coefficient (Wildman–Crippen LogP) is 3.90. The molecule has 0 heterocycles. The first-order chi connectivity index (χ1) is 11.1. The summed E-state index contributed by atoms with van der Waals surface area (Å²) in [5.41, 5.74) is 1.32. The Bertz CT molecular complexity index is 720. The van der Waals surface area contributed by atoms with Gasteiger partial charge in [0, 0.05) is 16.1 Å². The van der Waals surface area contributed by atoms with Crippen LogP contribution in [0.2, 0.25) is 0 Å². The molecule has 0 atom stereocenters. The van der Waals surface area contributed by atoms with Crippen LogP contribution in [0.3, 0.4) is 0 Å². The summed E-state index contributed by atoms with van der Waals surface area (Å²) in [6.45, 7) is -0.297. The van der Waals surface area contributed by atoms with Crippen LogP contribution in [-0.2, 0) is 9.53 Å². The van der Waals surface area contributed by atoms with Crippen LogP contribution in [0.4, 0.5) is 0 Å². The third kappa shape index (κ3) is 5.07. The van der Waals surface area contributed by atoms with Gasteiger partial charge in [-0.3, -0.25) is 4.79 Å². The van der Waals surface area contributed by atoms with Crippen LogP contribution in [0.1, 0.15) is 15.9 Å². The van der Waals surface area contributed by atoms with Crippen molar-refractivity contribution in [3.8, 4) is 5.75 Å². The fraction of sp³-hybridized carbons (Fsp3) is 0.111. The Hall–Kier alpha value is -2.40. The monoisotopic (exact) mass is 374 g/mol. The van der Waals surface area contributed by atoms with Gasteiger partial charge in [0.1, 0.15) is 5.75 Å². The summed E-state index contributed by atoms with van der Waals surface area (Å²) in [7, 11) is 1.59. The van der Waals surface area contributed by atoms with E-state index < -0.39 is 5.97 Å². The summed E-state index contributed by atoms with van der Waals surface area (Å²) in [5, 5.41) is 0. The molecule has 0 aliphatic carbocycles. The molecule has 0 saturated carbocycles. The summed E-state index contributed by atoms with van der Waals surface area (Å²) < 4.78 is 10.7. The van der Waals surface area contributed by atoms with Gasteiger partial charge in [0.15, 0.2) is 6.61 Å². The SMILES string of the molecule is COc1ccc(/C=C/C(=O)OCC(=O)c2ccccc2Br)cc1. The molecule has 0 bridgehead atoms. The number of carbonyl (C=O) groups excluding carboxylic acids is 2. The molecule has 5 heteroatoms. The summed E-state index contributed by atoms with van der Waals surface area (Å²) in [6, 6.07) is 14.2. The highest BCUT2D eigenvalue weighted by Gasteiger charge is 2.11. The van der Waals surface area contributed by atoms with Gasteiger partial charge in [-0.15, -0.1) is 0 Å². The lowest BCUT2D eigenvalue weighted by Crippen LogP contribution is -2.13. The average Bonchev–Trinajstić information content (AvgIpc) is 2.58. The third-order valence-electron chi connectivity index (χ3n) is 3.05. The van der Waals surface area contributed by atoms with Crippen LogP contribution in [0, 0.1) is 0 Å². The van der Waals surface area contributed by atoms with Crippen LogP contribution in [0.15, 0.2) is 59.1 Å². The number of Topliss-reactive ketones (excluding diaryl/α,β-unsaturated/α-hetero) is 1. The normalized spacial score (nSPS) is 10.5. The van der Waals surface area contributed by atoms with E-state index in [1.165, 1.54) is 6.08 Å². The zero-order valence-electron chi connectivity index (χ0n) is 12.5. The van der Waals surface area contributed by atoms with Crippen molar-refractivity contribution < 1.29 is 19.1 Å². The molecule has 0 N–H and O–H groups in total. The number of esters is 1. The summed E-state index contributed by atoms with van der Waals surface area (Å²) in [5.74, 6) is -0.0892. The van der Waals surface area contributed by atoms with E-state index in [0.29, 0.717) is 10.0 Å². The van der Waals surface area contributed by atoms with Gasteiger partial charge in [-0.2, -0.15) is 0 Å². The molecule has 0 amide bonds. The molecule has 0 aromatic heterocycles. The molecule has 23 heavy (non-hydrogen) atoms. The molecule has 2 aromatic carbocycles. The van der Waals surface area contributed by atoms with Gasteiger partial charge in [-0.25, -0.2) is 4.79 Å². The average molecular weight is 375 g/mol. The fourth-order valence-electron chi connectivity index (χ4n) is 1.83. The largest absolute Gasteiger partial charge is 0.497 e. The first-order valence-electron chi connectivity index (χ1n) is 6.87. The van der Waals surface area contributed by atoms with Crippen LogP contribution < -0.4 is 4.74 Å². The lowest BCUT2D eigenvalue weighted by Gasteiger charge is -2.04. The van der Waals surface area contributed by atoms with Crippen LogP contribution >= 0.6 is 15.9 Å². The Morgan fingerprint density at radius 3 is 2.43 bits per heavy atom. The molecule has 0 aliphatic heterocycles. The second kappa shape index (κ2) is 8.29. The van der Waals surface area contributed by atoms with E-state index in [1.54, 1.807) is 43.5 Å². The number of hydrogen-bond donors (Lipinski definition) is 0. The zero-order valence-corrected chi connectivity index (χ0v) is 14.1. The van der Waals surface area contributed by atoms with Gasteiger partial charge in [0.25, 0.3) is 0 Å². The Labute approximate surface area is 142 Å². The minimum atomic E-state index is -0.568. The Kier molecular flexibility index (Phi) is 6.11. The van der Waals surface area contributed by atoms with Crippen molar-refractivity contribution in [1.29, 1.82) is 0 Å². The van der Waals surface area contributed by atoms with Crippen LogP contribution in [0.5, 0.6) is 5.75 Å². The Morgan fingerprint density at radius 1 is 1.09 bits per heavy atom. The van der Waals surface area contributed by atoms with E-state index in [1.807, 2.05) is 18.2 Å². The number of hydrogen-bond acceptors (Lipinski definition) is 4. The van der Waals surface area contributed by atoms with Gasteiger partial charge >= 0.3 is 5.97 Å². The Morgan fingerprint density at radius 2 is 1.78 bits per heavy atom. The number of ketones is 1. The molecule has 0 radical (unpaired) electrons. The van der Waals surface area contributed by atoms with Crippen molar-refractivity contribution in [2.75, 3.05) is 13.7 Å². The predicted molar refractivity (Wildman–Crippen MR) is 91.5 cm³/mol. The molecule has 0 saturated heterocycles. The minimum Gasteiger partial charge on any atom is -0.497 e. The lowest BCUT2D eigenvalue weighted by atomic mass is 10.1. The summed E-state index contributed by atoms with van der Waals surface area (Å²) in [4.78, 5) is 23.6. The molecule has 0 aliphatic rings. The maximum atomic E-state index is 12.0. The van der Waals surface area contributed by atoms with Crippen molar-refractivity contribution >= 4 is 33.8 Å². The molecule has 0 unspecified atom stereocenters. The summed E-state index contributed by atoms with van der Waals surface area (Å²) >= 11 is 3.29. The number of rotatable bonds is 6. The number of methoxy groups -OCH3 is 1. The molecule has 4 nitrogen and oxygen atoms in total. The highest BCUT2D eigenvalue weighted by Crippen LogP contribution is 2.16. The molecular formula is C18H15BrO4. The van der Waals surface area contributed by atoms with Gasteiger partial charge in [-0.1, -0.05) is 46.3 Å². The van der Waals surface area contributed by atoms with Crippen molar-refractivity contribution in [2.24, 2.45) is 0 Å².